The summed E-state index contributed by atoms with van der Waals surface area (Å²) in [4.78, 5) is 16.6. The van der Waals surface area contributed by atoms with Gasteiger partial charge in [-0.1, -0.05) is 41.0 Å². The molecule has 2 heterocycles. The lowest BCUT2D eigenvalue weighted by atomic mass is 10.2. The van der Waals surface area contributed by atoms with Gasteiger partial charge >= 0.3 is 0 Å². The second-order valence-electron chi connectivity index (χ2n) is 7.06. The summed E-state index contributed by atoms with van der Waals surface area (Å²) in [6.45, 7) is 2.51. The van der Waals surface area contributed by atoms with Gasteiger partial charge in [-0.15, -0.1) is 10.2 Å². The molecule has 2 aromatic heterocycles. The molecule has 4 rings (SSSR count). The summed E-state index contributed by atoms with van der Waals surface area (Å²) < 4.78 is 7.42. The summed E-state index contributed by atoms with van der Waals surface area (Å²) in [5.74, 6) is 1.15. The molecular formula is C24H20Cl2N6O2S. The number of carbonyl (C=O) groups excluding carboxylic acids is 1. The van der Waals surface area contributed by atoms with Crippen LogP contribution in [0.3, 0.4) is 0 Å². The molecule has 0 bridgehead atoms. The van der Waals surface area contributed by atoms with Crippen molar-refractivity contribution in [3.63, 3.8) is 0 Å². The predicted molar refractivity (Wildman–Crippen MR) is 139 cm³/mol. The van der Waals surface area contributed by atoms with Gasteiger partial charge in [0.15, 0.2) is 11.0 Å². The smallest absolute Gasteiger partial charge is 0.250 e. The number of aromatic nitrogens is 4. The Labute approximate surface area is 216 Å². The first kappa shape index (κ1) is 24.7. The Bertz CT molecular complexity index is 1330. The first-order valence-corrected chi connectivity index (χ1v) is 12.3. The van der Waals surface area contributed by atoms with Crippen LogP contribution in [-0.2, 0) is 4.79 Å². The maximum absolute atomic E-state index is 12.4. The zero-order chi connectivity index (χ0) is 24.6. The lowest BCUT2D eigenvalue weighted by Crippen LogP contribution is -2.20. The molecule has 0 saturated carbocycles. The van der Waals surface area contributed by atoms with E-state index in [1.165, 1.54) is 18.0 Å². The number of rotatable bonds is 9. The molecular weight excluding hydrogens is 507 g/mol. The molecule has 35 heavy (non-hydrogen) atoms. The SMILES string of the molecule is CCOc1ccc(-n2c(SCC(=O)N/N=C\c3ccc(Cl)cc3Cl)nnc2-c2cccnc2)cc1. The normalized spacial score (nSPS) is 11.1. The van der Waals surface area contributed by atoms with Gasteiger partial charge < -0.3 is 4.74 Å². The summed E-state index contributed by atoms with van der Waals surface area (Å²) in [6.07, 6.45) is 4.87. The van der Waals surface area contributed by atoms with E-state index in [9.17, 15) is 4.79 Å². The molecule has 0 aliphatic rings. The number of halogens is 2. The van der Waals surface area contributed by atoms with Crippen LogP contribution in [0.15, 0.2) is 77.2 Å². The van der Waals surface area contributed by atoms with E-state index in [1.54, 1.807) is 30.6 Å². The number of hydrogen-bond donors (Lipinski definition) is 1. The minimum Gasteiger partial charge on any atom is -0.494 e. The molecule has 11 heteroatoms. The Hall–Kier alpha value is -3.40. The molecule has 0 spiro atoms. The van der Waals surface area contributed by atoms with E-state index < -0.39 is 0 Å². The number of pyridine rings is 1. The molecule has 0 unspecified atom stereocenters. The first-order chi connectivity index (χ1) is 17.0. The quantitative estimate of drug-likeness (QED) is 0.181. The van der Waals surface area contributed by atoms with Crippen LogP contribution in [0.4, 0.5) is 0 Å². The van der Waals surface area contributed by atoms with E-state index >= 15 is 0 Å². The van der Waals surface area contributed by atoms with Crippen molar-refractivity contribution < 1.29 is 9.53 Å². The third-order valence-electron chi connectivity index (χ3n) is 4.65. The van der Waals surface area contributed by atoms with Crippen molar-refractivity contribution in [1.29, 1.82) is 0 Å². The molecule has 178 valence electrons. The van der Waals surface area contributed by atoms with Gasteiger partial charge in [0.2, 0.25) is 0 Å². The number of nitrogens with zero attached hydrogens (tertiary/aromatic N) is 5. The Morgan fingerprint density at radius 3 is 2.71 bits per heavy atom. The van der Waals surface area contributed by atoms with Crippen LogP contribution in [0.2, 0.25) is 10.0 Å². The van der Waals surface area contributed by atoms with Crippen LogP contribution in [0.25, 0.3) is 17.1 Å². The lowest BCUT2D eigenvalue weighted by Gasteiger charge is -2.11. The molecule has 2 aromatic carbocycles. The van der Waals surface area contributed by atoms with Crippen LogP contribution in [0.1, 0.15) is 12.5 Å². The molecule has 8 nitrogen and oxygen atoms in total. The highest BCUT2D eigenvalue weighted by atomic mass is 35.5. The average Bonchev–Trinajstić information content (AvgIpc) is 3.29. The van der Waals surface area contributed by atoms with E-state index in [2.05, 4.69) is 25.7 Å². The van der Waals surface area contributed by atoms with Gasteiger partial charge in [-0.05, 0) is 55.5 Å². The van der Waals surface area contributed by atoms with Crippen LogP contribution >= 0.6 is 35.0 Å². The number of ether oxygens (including phenoxy) is 1. The van der Waals surface area contributed by atoms with Crippen LogP contribution in [-0.4, -0.2) is 44.2 Å². The highest BCUT2D eigenvalue weighted by Gasteiger charge is 2.17. The minimum atomic E-state index is -0.305. The van der Waals surface area contributed by atoms with Crippen molar-refractivity contribution in [1.82, 2.24) is 25.2 Å². The van der Waals surface area contributed by atoms with E-state index in [1.807, 2.05) is 47.9 Å². The fourth-order valence-corrected chi connectivity index (χ4v) is 4.28. The van der Waals surface area contributed by atoms with Gasteiger partial charge in [0.1, 0.15) is 5.75 Å². The Morgan fingerprint density at radius 1 is 1.17 bits per heavy atom. The number of hydrazone groups is 1. The molecule has 0 saturated heterocycles. The molecule has 4 aromatic rings. The maximum atomic E-state index is 12.4. The van der Waals surface area contributed by atoms with Gasteiger partial charge in [0, 0.05) is 34.2 Å². The molecule has 0 atom stereocenters. The van der Waals surface area contributed by atoms with Gasteiger partial charge in [-0.25, -0.2) is 5.43 Å². The zero-order valence-corrected chi connectivity index (χ0v) is 20.9. The number of benzene rings is 2. The zero-order valence-electron chi connectivity index (χ0n) is 18.6. The Morgan fingerprint density at radius 2 is 2.00 bits per heavy atom. The van der Waals surface area contributed by atoms with E-state index in [0.29, 0.717) is 33.2 Å². The fourth-order valence-electron chi connectivity index (χ4n) is 3.08. The fraction of sp³-hybridized carbons (Fsp3) is 0.125. The van der Waals surface area contributed by atoms with Gasteiger partial charge in [-0.2, -0.15) is 5.10 Å². The Balaban J connectivity index is 1.50. The topological polar surface area (TPSA) is 94.3 Å². The van der Waals surface area contributed by atoms with Crippen LogP contribution in [0.5, 0.6) is 5.75 Å². The predicted octanol–water partition coefficient (Wildman–Crippen LogP) is 5.28. The van der Waals surface area contributed by atoms with Gasteiger partial charge in [0.25, 0.3) is 5.91 Å². The number of hydrogen-bond acceptors (Lipinski definition) is 7. The van der Waals surface area contributed by atoms with E-state index in [0.717, 1.165) is 17.0 Å². The monoisotopic (exact) mass is 526 g/mol. The molecule has 0 aliphatic carbocycles. The Kier molecular flexibility index (Phi) is 8.36. The molecule has 1 N–H and O–H groups in total. The maximum Gasteiger partial charge on any atom is 0.250 e. The van der Waals surface area contributed by atoms with E-state index in [-0.39, 0.29) is 11.7 Å². The van der Waals surface area contributed by atoms with E-state index in [4.69, 9.17) is 27.9 Å². The number of thioether (sulfide) groups is 1. The standard InChI is InChI=1S/C24H20Cl2N6O2S/c1-2-34-20-9-7-19(8-10-20)32-23(17-4-3-11-27-13-17)30-31-24(32)35-15-22(33)29-28-14-16-5-6-18(25)12-21(16)26/h3-14H,2,15H2,1H3,(H,29,33)/b28-14-. The van der Waals surface area contributed by atoms with Crippen molar-refractivity contribution >= 4 is 47.1 Å². The number of nitrogens with one attached hydrogen (secondary N) is 1. The van der Waals surface area contributed by atoms with Crippen molar-refractivity contribution in [3.8, 4) is 22.8 Å². The average molecular weight is 527 g/mol. The molecule has 1 amide bonds. The van der Waals surface area contributed by atoms with Crippen molar-refractivity contribution in [2.24, 2.45) is 5.10 Å². The second-order valence-corrected chi connectivity index (χ2v) is 8.84. The van der Waals surface area contributed by atoms with Crippen molar-refractivity contribution in [2.75, 3.05) is 12.4 Å². The minimum absolute atomic E-state index is 0.0773. The highest BCUT2D eigenvalue weighted by molar-refractivity contribution is 7.99. The van der Waals surface area contributed by atoms with Gasteiger partial charge in [-0.3, -0.25) is 14.3 Å². The molecule has 0 fully saturated rings. The third-order valence-corrected chi connectivity index (χ3v) is 6.14. The van der Waals surface area contributed by atoms with Gasteiger partial charge in [0.05, 0.1) is 23.6 Å². The molecule has 0 radical (unpaired) electrons. The largest absolute Gasteiger partial charge is 0.494 e. The number of carbonyl (C=O) groups is 1. The molecule has 0 aliphatic heterocycles. The lowest BCUT2D eigenvalue weighted by molar-refractivity contribution is -0.118. The summed E-state index contributed by atoms with van der Waals surface area (Å²) in [5.41, 5.74) is 4.77. The number of amides is 1. The van der Waals surface area contributed by atoms with Crippen molar-refractivity contribution in [3.05, 3.63) is 82.6 Å². The summed E-state index contributed by atoms with van der Waals surface area (Å²) in [7, 11) is 0. The summed E-state index contributed by atoms with van der Waals surface area (Å²) >= 11 is 13.3. The third kappa shape index (κ3) is 6.39. The summed E-state index contributed by atoms with van der Waals surface area (Å²) in [6, 6.07) is 16.3. The second kappa shape index (κ2) is 11.8. The van der Waals surface area contributed by atoms with Crippen LogP contribution in [0, 0.1) is 0 Å². The first-order valence-electron chi connectivity index (χ1n) is 10.5. The van der Waals surface area contributed by atoms with Crippen molar-refractivity contribution in [2.45, 2.75) is 12.1 Å². The highest BCUT2D eigenvalue weighted by Crippen LogP contribution is 2.28. The summed E-state index contributed by atoms with van der Waals surface area (Å²) in [5, 5.41) is 14.2. The van der Waals surface area contributed by atoms with Crippen LogP contribution < -0.4 is 10.2 Å².